The molecule has 26 heavy (non-hydrogen) atoms. The molecule has 0 aliphatic carbocycles. The summed E-state index contributed by atoms with van der Waals surface area (Å²) in [4.78, 5) is 28.7. The van der Waals surface area contributed by atoms with Crippen molar-refractivity contribution in [2.45, 2.75) is 12.8 Å². The SMILES string of the molecule is O=C(Cc1ccc(F)cc1)N1CCCN(C(=O)c2ccc(Br)cc2)CC1. The topological polar surface area (TPSA) is 40.6 Å². The lowest BCUT2D eigenvalue weighted by Gasteiger charge is -2.22. The van der Waals surface area contributed by atoms with Gasteiger partial charge in [0.05, 0.1) is 6.42 Å². The second-order valence-corrected chi connectivity index (χ2v) is 7.25. The number of carbonyl (C=O) groups is 2. The molecule has 2 aromatic carbocycles. The maximum atomic E-state index is 13.0. The van der Waals surface area contributed by atoms with Crippen molar-refractivity contribution >= 4 is 27.7 Å². The third kappa shape index (κ3) is 4.69. The smallest absolute Gasteiger partial charge is 0.253 e. The largest absolute Gasteiger partial charge is 0.341 e. The molecule has 136 valence electrons. The Morgan fingerprint density at radius 1 is 0.885 bits per heavy atom. The number of halogens is 2. The molecular formula is C20H20BrFN2O2. The van der Waals surface area contributed by atoms with E-state index in [1.165, 1.54) is 12.1 Å². The van der Waals surface area contributed by atoms with Crippen molar-refractivity contribution in [1.82, 2.24) is 9.80 Å². The van der Waals surface area contributed by atoms with Crippen LogP contribution >= 0.6 is 15.9 Å². The zero-order valence-corrected chi connectivity index (χ0v) is 15.9. The van der Waals surface area contributed by atoms with E-state index in [9.17, 15) is 14.0 Å². The molecule has 0 spiro atoms. The highest BCUT2D eigenvalue weighted by atomic mass is 79.9. The number of nitrogens with zero attached hydrogens (tertiary/aromatic N) is 2. The summed E-state index contributed by atoms with van der Waals surface area (Å²) in [6.07, 6.45) is 0.998. The van der Waals surface area contributed by atoms with Crippen LogP contribution in [0, 0.1) is 5.82 Å². The van der Waals surface area contributed by atoms with Crippen LogP contribution in [-0.4, -0.2) is 47.8 Å². The first-order valence-corrected chi connectivity index (χ1v) is 9.39. The van der Waals surface area contributed by atoms with Gasteiger partial charge in [-0.25, -0.2) is 4.39 Å². The fraction of sp³-hybridized carbons (Fsp3) is 0.300. The third-order valence-corrected chi connectivity index (χ3v) is 5.02. The van der Waals surface area contributed by atoms with Crippen LogP contribution in [0.1, 0.15) is 22.3 Å². The normalized spacial score (nSPS) is 14.8. The number of carbonyl (C=O) groups excluding carboxylic acids is 2. The molecule has 2 aromatic rings. The maximum Gasteiger partial charge on any atom is 0.253 e. The van der Waals surface area contributed by atoms with Crippen molar-refractivity contribution in [2.24, 2.45) is 0 Å². The Kier molecular flexibility index (Phi) is 6.04. The van der Waals surface area contributed by atoms with Crippen molar-refractivity contribution in [1.29, 1.82) is 0 Å². The van der Waals surface area contributed by atoms with Crippen molar-refractivity contribution in [2.75, 3.05) is 26.2 Å². The van der Waals surface area contributed by atoms with Crippen molar-refractivity contribution in [3.8, 4) is 0 Å². The van der Waals surface area contributed by atoms with Gasteiger partial charge in [-0.3, -0.25) is 9.59 Å². The summed E-state index contributed by atoms with van der Waals surface area (Å²) in [5.74, 6) is -0.307. The minimum absolute atomic E-state index is 0.00884. The van der Waals surface area contributed by atoms with E-state index in [1.807, 2.05) is 12.1 Å². The summed E-state index contributed by atoms with van der Waals surface area (Å²) < 4.78 is 13.9. The summed E-state index contributed by atoms with van der Waals surface area (Å²) in [5.41, 5.74) is 1.45. The zero-order valence-electron chi connectivity index (χ0n) is 14.3. The first-order chi connectivity index (χ1) is 12.5. The van der Waals surface area contributed by atoms with Gasteiger partial charge < -0.3 is 9.80 Å². The average molecular weight is 419 g/mol. The zero-order chi connectivity index (χ0) is 18.5. The van der Waals surface area contributed by atoms with E-state index in [4.69, 9.17) is 0 Å². The second-order valence-electron chi connectivity index (χ2n) is 6.34. The average Bonchev–Trinajstić information content (AvgIpc) is 2.90. The van der Waals surface area contributed by atoms with Crippen LogP contribution in [0.5, 0.6) is 0 Å². The summed E-state index contributed by atoms with van der Waals surface area (Å²) in [7, 11) is 0. The van der Waals surface area contributed by atoms with Crippen LogP contribution < -0.4 is 0 Å². The lowest BCUT2D eigenvalue weighted by atomic mass is 10.1. The van der Waals surface area contributed by atoms with E-state index in [0.29, 0.717) is 31.7 Å². The fourth-order valence-electron chi connectivity index (χ4n) is 3.03. The number of benzene rings is 2. The molecule has 0 N–H and O–H groups in total. The van der Waals surface area contributed by atoms with Gasteiger partial charge in [-0.1, -0.05) is 28.1 Å². The molecular weight excluding hydrogens is 399 g/mol. The molecule has 1 fully saturated rings. The van der Waals surface area contributed by atoms with Gasteiger partial charge in [-0.2, -0.15) is 0 Å². The molecule has 2 amide bonds. The Morgan fingerprint density at radius 2 is 1.50 bits per heavy atom. The van der Waals surface area contributed by atoms with Crippen LogP contribution in [0.2, 0.25) is 0 Å². The number of hydrogen-bond donors (Lipinski definition) is 0. The fourth-order valence-corrected chi connectivity index (χ4v) is 3.30. The van der Waals surface area contributed by atoms with Gasteiger partial charge in [0.2, 0.25) is 5.91 Å². The van der Waals surface area contributed by atoms with Crippen LogP contribution in [-0.2, 0) is 11.2 Å². The van der Waals surface area contributed by atoms with Gasteiger partial charge >= 0.3 is 0 Å². The van der Waals surface area contributed by atoms with Crippen molar-refractivity contribution < 1.29 is 14.0 Å². The second kappa shape index (κ2) is 8.45. The lowest BCUT2D eigenvalue weighted by Crippen LogP contribution is -2.38. The summed E-state index contributed by atoms with van der Waals surface area (Å²) in [5, 5.41) is 0. The quantitative estimate of drug-likeness (QED) is 0.764. The molecule has 0 aromatic heterocycles. The molecule has 1 saturated heterocycles. The van der Waals surface area contributed by atoms with Crippen LogP contribution in [0.4, 0.5) is 4.39 Å². The highest BCUT2D eigenvalue weighted by Gasteiger charge is 2.22. The molecule has 1 aliphatic heterocycles. The van der Waals surface area contributed by atoms with Crippen molar-refractivity contribution in [3.05, 3.63) is 69.9 Å². The van der Waals surface area contributed by atoms with Gasteiger partial charge in [-0.15, -0.1) is 0 Å². The Bertz CT molecular complexity index is 777. The van der Waals surface area contributed by atoms with E-state index in [1.54, 1.807) is 34.1 Å². The van der Waals surface area contributed by atoms with Crippen molar-refractivity contribution in [3.63, 3.8) is 0 Å². The monoisotopic (exact) mass is 418 g/mol. The first kappa shape index (κ1) is 18.6. The highest BCUT2D eigenvalue weighted by molar-refractivity contribution is 9.10. The molecule has 3 rings (SSSR count). The molecule has 0 atom stereocenters. The molecule has 0 radical (unpaired) electrons. The third-order valence-electron chi connectivity index (χ3n) is 4.50. The first-order valence-electron chi connectivity index (χ1n) is 8.60. The predicted octanol–water partition coefficient (Wildman–Crippen LogP) is 3.51. The Hall–Kier alpha value is -2.21. The Labute approximate surface area is 160 Å². The Balaban J connectivity index is 1.58. The van der Waals surface area contributed by atoms with Gasteiger partial charge in [-0.05, 0) is 48.4 Å². The van der Waals surface area contributed by atoms with E-state index in [2.05, 4.69) is 15.9 Å². The van der Waals surface area contributed by atoms with Crippen LogP contribution in [0.25, 0.3) is 0 Å². The van der Waals surface area contributed by atoms with Gasteiger partial charge in [0.1, 0.15) is 5.82 Å². The maximum absolute atomic E-state index is 13.0. The molecule has 4 nitrogen and oxygen atoms in total. The Morgan fingerprint density at radius 3 is 2.19 bits per heavy atom. The lowest BCUT2D eigenvalue weighted by molar-refractivity contribution is -0.130. The summed E-state index contributed by atoms with van der Waals surface area (Å²) in [6.45, 7) is 2.30. The molecule has 0 unspecified atom stereocenters. The highest BCUT2D eigenvalue weighted by Crippen LogP contribution is 2.14. The summed E-state index contributed by atoms with van der Waals surface area (Å²) in [6, 6.07) is 13.3. The van der Waals surface area contributed by atoms with Gasteiger partial charge in [0.15, 0.2) is 0 Å². The van der Waals surface area contributed by atoms with E-state index in [-0.39, 0.29) is 24.1 Å². The number of amides is 2. The molecule has 6 heteroatoms. The van der Waals surface area contributed by atoms with Gasteiger partial charge in [0, 0.05) is 36.2 Å². The van der Waals surface area contributed by atoms with Gasteiger partial charge in [0.25, 0.3) is 5.91 Å². The molecule has 0 bridgehead atoms. The van der Waals surface area contributed by atoms with E-state index in [0.717, 1.165) is 16.5 Å². The summed E-state index contributed by atoms with van der Waals surface area (Å²) >= 11 is 3.37. The minimum Gasteiger partial charge on any atom is -0.341 e. The van der Waals surface area contributed by atoms with Crippen LogP contribution in [0.15, 0.2) is 53.0 Å². The molecule has 1 heterocycles. The number of hydrogen-bond acceptors (Lipinski definition) is 2. The van der Waals surface area contributed by atoms with E-state index < -0.39 is 0 Å². The van der Waals surface area contributed by atoms with E-state index >= 15 is 0 Å². The minimum atomic E-state index is -0.307. The molecule has 1 aliphatic rings. The number of rotatable bonds is 3. The standard InChI is InChI=1S/C20H20BrFN2O2/c21-17-6-4-16(5-7-17)20(26)24-11-1-10-23(12-13-24)19(25)14-15-2-8-18(22)9-3-15/h2-9H,1,10-14H2. The molecule has 0 saturated carbocycles. The predicted molar refractivity (Wildman–Crippen MR) is 101 cm³/mol. The van der Waals surface area contributed by atoms with Crippen LogP contribution in [0.3, 0.4) is 0 Å².